The van der Waals surface area contributed by atoms with Crippen molar-refractivity contribution in [1.82, 2.24) is 4.90 Å². The fourth-order valence-electron chi connectivity index (χ4n) is 3.00. The molecule has 1 aliphatic rings. The van der Waals surface area contributed by atoms with Gasteiger partial charge in [-0.25, -0.2) is 4.39 Å². The molecule has 128 valence electrons. The SMILES string of the molecule is Cc1ccc(C2=C(O)C(=O)N(CCc3ccc(F)cc3)C2=O)c(C)c1. The first kappa shape index (κ1) is 16.9. The molecule has 0 aromatic heterocycles. The molecule has 0 spiro atoms. The van der Waals surface area contributed by atoms with Crippen LogP contribution in [0.15, 0.2) is 48.2 Å². The van der Waals surface area contributed by atoms with Crippen LogP contribution in [-0.4, -0.2) is 28.4 Å². The highest BCUT2D eigenvalue weighted by Crippen LogP contribution is 2.30. The summed E-state index contributed by atoms with van der Waals surface area (Å²) in [7, 11) is 0. The largest absolute Gasteiger partial charge is 0.502 e. The van der Waals surface area contributed by atoms with E-state index < -0.39 is 17.6 Å². The Kier molecular flexibility index (Phi) is 4.40. The van der Waals surface area contributed by atoms with E-state index >= 15 is 0 Å². The van der Waals surface area contributed by atoms with Crippen molar-refractivity contribution in [2.24, 2.45) is 0 Å². The molecule has 0 aliphatic carbocycles. The van der Waals surface area contributed by atoms with Gasteiger partial charge in [-0.15, -0.1) is 0 Å². The van der Waals surface area contributed by atoms with Gasteiger partial charge in [-0.1, -0.05) is 35.9 Å². The van der Waals surface area contributed by atoms with E-state index in [2.05, 4.69) is 0 Å². The van der Waals surface area contributed by atoms with Crippen molar-refractivity contribution in [2.75, 3.05) is 6.54 Å². The molecule has 0 bridgehead atoms. The van der Waals surface area contributed by atoms with E-state index in [4.69, 9.17) is 0 Å². The second-order valence-electron chi connectivity index (χ2n) is 6.18. The number of imide groups is 1. The van der Waals surface area contributed by atoms with E-state index in [9.17, 15) is 19.1 Å². The summed E-state index contributed by atoms with van der Waals surface area (Å²) in [5.74, 6) is -2.05. The van der Waals surface area contributed by atoms with Crippen molar-refractivity contribution < 1.29 is 19.1 Å². The van der Waals surface area contributed by atoms with E-state index in [-0.39, 0.29) is 17.9 Å². The molecule has 4 nitrogen and oxygen atoms in total. The van der Waals surface area contributed by atoms with Crippen LogP contribution in [0.25, 0.3) is 5.57 Å². The molecule has 2 aromatic rings. The monoisotopic (exact) mass is 339 g/mol. The van der Waals surface area contributed by atoms with E-state index in [1.165, 1.54) is 12.1 Å². The predicted octanol–water partition coefficient (Wildman–Crippen LogP) is 3.32. The van der Waals surface area contributed by atoms with E-state index in [1.54, 1.807) is 18.2 Å². The molecule has 25 heavy (non-hydrogen) atoms. The summed E-state index contributed by atoms with van der Waals surface area (Å²) in [4.78, 5) is 26.0. The lowest BCUT2D eigenvalue weighted by Gasteiger charge is -2.15. The summed E-state index contributed by atoms with van der Waals surface area (Å²) >= 11 is 0. The number of hydrogen-bond donors (Lipinski definition) is 1. The third-order valence-corrected chi connectivity index (χ3v) is 4.33. The van der Waals surface area contributed by atoms with Crippen LogP contribution in [0.1, 0.15) is 22.3 Å². The Morgan fingerprint density at radius 1 is 1.00 bits per heavy atom. The summed E-state index contributed by atoms with van der Waals surface area (Å²) < 4.78 is 13.0. The van der Waals surface area contributed by atoms with Crippen LogP contribution < -0.4 is 0 Å². The van der Waals surface area contributed by atoms with Gasteiger partial charge in [0.2, 0.25) is 0 Å². The van der Waals surface area contributed by atoms with Gasteiger partial charge in [0, 0.05) is 6.54 Å². The number of hydrogen-bond acceptors (Lipinski definition) is 3. The maximum Gasteiger partial charge on any atom is 0.296 e. The molecule has 0 atom stereocenters. The van der Waals surface area contributed by atoms with Crippen molar-refractivity contribution in [3.05, 3.63) is 76.3 Å². The minimum Gasteiger partial charge on any atom is -0.502 e. The third-order valence-electron chi connectivity index (χ3n) is 4.33. The average molecular weight is 339 g/mol. The molecule has 3 rings (SSSR count). The van der Waals surface area contributed by atoms with Crippen molar-refractivity contribution >= 4 is 17.4 Å². The first-order valence-corrected chi connectivity index (χ1v) is 8.00. The Labute approximate surface area is 145 Å². The number of aliphatic hydroxyl groups is 1. The van der Waals surface area contributed by atoms with Gasteiger partial charge in [0.05, 0.1) is 5.57 Å². The first-order chi connectivity index (χ1) is 11.9. The number of benzene rings is 2. The summed E-state index contributed by atoms with van der Waals surface area (Å²) in [5, 5.41) is 10.2. The topological polar surface area (TPSA) is 57.6 Å². The van der Waals surface area contributed by atoms with Crippen LogP contribution in [0, 0.1) is 19.7 Å². The molecular weight excluding hydrogens is 321 g/mol. The van der Waals surface area contributed by atoms with Gasteiger partial charge in [0.15, 0.2) is 5.76 Å². The maximum atomic E-state index is 13.0. The molecule has 0 saturated carbocycles. The Balaban J connectivity index is 1.82. The maximum absolute atomic E-state index is 13.0. The average Bonchev–Trinajstić information content (AvgIpc) is 2.78. The molecule has 2 aromatic carbocycles. The Hall–Kier alpha value is -2.95. The van der Waals surface area contributed by atoms with Crippen LogP contribution >= 0.6 is 0 Å². The number of carbonyl (C=O) groups is 2. The van der Waals surface area contributed by atoms with Gasteiger partial charge in [-0.3, -0.25) is 14.5 Å². The zero-order valence-electron chi connectivity index (χ0n) is 14.0. The number of aryl methyl sites for hydroxylation is 2. The minimum absolute atomic E-state index is 0.0432. The van der Waals surface area contributed by atoms with Gasteiger partial charge in [0.1, 0.15) is 5.82 Å². The number of nitrogens with zero attached hydrogens (tertiary/aromatic N) is 1. The third kappa shape index (κ3) is 3.18. The minimum atomic E-state index is -0.693. The number of aliphatic hydroxyl groups excluding tert-OH is 1. The van der Waals surface area contributed by atoms with Gasteiger partial charge in [-0.05, 0) is 49.1 Å². The summed E-state index contributed by atoms with van der Waals surface area (Å²) in [6, 6.07) is 11.4. The Morgan fingerprint density at radius 3 is 2.32 bits per heavy atom. The lowest BCUT2D eigenvalue weighted by molar-refractivity contribution is -0.138. The normalized spacial score (nSPS) is 14.6. The predicted molar refractivity (Wildman–Crippen MR) is 92.3 cm³/mol. The quantitative estimate of drug-likeness (QED) is 0.870. The molecule has 0 radical (unpaired) electrons. The van der Waals surface area contributed by atoms with Gasteiger partial charge in [0.25, 0.3) is 11.8 Å². The number of carbonyl (C=O) groups excluding carboxylic acids is 2. The Bertz CT molecular complexity index is 884. The van der Waals surface area contributed by atoms with Crippen LogP contribution in [0.3, 0.4) is 0 Å². The second-order valence-corrected chi connectivity index (χ2v) is 6.18. The fraction of sp³-hybridized carbons (Fsp3) is 0.200. The van der Waals surface area contributed by atoms with Crippen LogP contribution in [-0.2, 0) is 16.0 Å². The molecule has 2 amide bonds. The number of rotatable bonds is 4. The molecule has 1 N–H and O–H groups in total. The molecule has 1 aliphatic heterocycles. The zero-order valence-corrected chi connectivity index (χ0v) is 14.0. The molecular formula is C20H18FNO3. The molecule has 5 heteroatoms. The highest BCUT2D eigenvalue weighted by Gasteiger charge is 2.39. The standard InChI is InChI=1S/C20H18FNO3/c1-12-3-8-16(13(2)11-12)17-18(23)20(25)22(19(17)24)10-9-14-4-6-15(21)7-5-14/h3-8,11,23H,9-10H2,1-2H3. The van der Waals surface area contributed by atoms with Crippen LogP contribution in [0.4, 0.5) is 4.39 Å². The fourth-order valence-corrected chi connectivity index (χ4v) is 3.00. The molecule has 0 unspecified atom stereocenters. The highest BCUT2D eigenvalue weighted by molar-refractivity contribution is 6.35. The first-order valence-electron chi connectivity index (χ1n) is 8.00. The number of halogens is 1. The lowest BCUT2D eigenvalue weighted by atomic mass is 9.98. The van der Waals surface area contributed by atoms with Crippen LogP contribution in [0.5, 0.6) is 0 Å². The number of amides is 2. The second kappa shape index (κ2) is 6.51. The highest BCUT2D eigenvalue weighted by atomic mass is 19.1. The van der Waals surface area contributed by atoms with Gasteiger partial charge in [-0.2, -0.15) is 0 Å². The van der Waals surface area contributed by atoms with Gasteiger partial charge < -0.3 is 5.11 Å². The molecule has 1 heterocycles. The van der Waals surface area contributed by atoms with Crippen molar-refractivity contribution in [3.63, 3.8) is 0 Å². The zero-order chi connectivity index (χ0) is 18.1. The van der Waals surface area contributed by atoms with E-state index in [0.29, 0.717) is 12.0 Å². The van der Waals surface area contributed by atoms with Gasteiger partial charge >= 0.3 is 0 Å². The van der Waals surface area contributed by atoms with Crippen LogP contribution in [0.2, 0.25) is 0 Å². The summed E-state index contributed by atoms with van der Waals surface area (Å²) in [6.45, 7) is 3.89. The summed E-state index contributed by atoms with van der Waals surface area (Å²) in [6.07, 6.45) is 0.394. The van der Waals surface area contributed by atoms with Crippen molar-refractivity contribution in [2.45, 2.75) is 20.3 Å². The lowest BCUT2D eigenvalue weighted by Crippen LogP contribution is -2.33. The van der Waals surface area contributed by atoms with Crippen molar-refractivity contribution in [3.8, 4) is 0 Å². The van der Waals surface area contributed by atoms with E-state index in [1.807, 2.05) is 26.0 Å². The molecule has 0 saturated heterocycles. The van der Waals surface area contributed by atoms with E-state index in [0.717, 1.165) is 21.6 Å². The Morgan fingerprint density at radius 2 is 1.68 bits per heavy atom. The molecule has 0 fully saturated rings. The smallest absolute Gasteiger partial charge is 0.296 e. The van der Waals surface area contributed by atoms with Crippen molar-refractivity contribution in [1.29, 1.82) is 0 Å². The summed E-state index contributed by atoms with van der Waals surface area (Å²) in [5.41, 5.74) is 3.27.